The number of rotatable bonds is 12. The van der Waals surface area contributed by atoms with Crippen molar-refractivity contribution in [2.45, 2.75) is 60.5 Å². The van der Waals surface area contributed by atoms with E-state index in [1.165, 1.54) is 12.1 Å². The zero-order valence-electron chi connectivity index (χ0n) is 24.3. The van der Waals surface area contributed by atoms with E-state index < -0.39 is 68.7 Å². The van der Waals surface area contributed by atoms with Crippen LogP contribution in [0, 0.1) is 10.8 Å². The SMILES string of the molecule is CC(C)(C)C(=O)OCOP(=O)(O)c1ccc(O)c(C(O)CCc2ccc(P(=O)(O)OCOC(=O)C(C)(C)C)c(O)c2)c1. The van der Waals surface area contributed by atoms with Crippen LogP contribution in [0.3, 0.4) is 0 Å². The number of aromatic hydroxyl groups is 2. The van der Waals surface area contributed by atoms with Crippen molar-refractivity contribution in [1.82, 2.24) is 0 Å². The van der Waals surface area contributed by atoms with Crippen molar-refractivity contribution in [3.63, 3.8) is 0 Å². The Hall–Kier alpha value is -2.76. The number of phenols is 2. The Bertz CT molecular complexity index is 1380. The van der Waals surface area contributed by atoms with Crippen molar-refractivity contribution in [1.29, 1.82) is 0 Å². The van der Waals surface area contributed by atoms with E-state index in [4.69, 9.17) is 18.5 Å². The van der Waals surface area contributed by atoms with Crippen LogP contribution in [0.25, 0.3) is 0 Å². The number of carbonyl (C=O) groups is 2. The number of benzene rings is 2. The largest absolute Gasteiger partial charge is 0.508 e. The molecule has 0 aliphatic carbocycles. The molecule has 42 heavy (non-hydrogen) atoms. The van der Waals surface area contributed by atoms with Gasteiger partial charge >= 0.3 is 27.1 Å². The fourth-order valence-corrected chi connectivity index (χ4v) is 5.15. The van der Waals surface area contributed by atoms with E-state index in [0.717, 1.165) is 24.3 Å². The molecule has 5 N–H and O–H groups in total. The Morgan fingerprint density at radius 1 is 0.786 bits per heavy atom. The molecular formula is C27H38O13P2. The Morgan fingerprint density at radius 3 is 1.81 bits per heavy atom. The van der Waals surface area contributed by atoms with Gasteiger partial charge in [0, 0.05) is 5.56 Å². The molecule has 0 saturated carbocycles. The van der Waals surface area contributed by atoms with E-state index in [-0.39, 0.29) is 29.5 Å². The molecule has 0 saturated heterocycles. The number of hydrogen-bond acceptors (Lipinski definition) is 11. The summed E-state index contributed by atoms with van der Waals surface area (Å²) in [6.45, 7) is 8.03. The molecule has 234 valence electrons. The third-order valence-corrected chi connectivity index (χ3v) is 8.64. The van der Waals surface area contributed by atoms with Gasteiger partial charge in [0.05, 0.1) is 22.2 Å². The van der Waals surface area contributed by atoms with Gasteiger partial charge in [0.25, 0.3) is 0 Å². The molecule has 0 aromatic heterocycles. The zero-order valence-corrected chi connectivity index (χ0v) is 26.1. The number of aliphatic hydroxyl groups excluding tert-OH is 1. The van der Waals surface area contributed by atoms with Crippen LogP contribution >= 0.6 is 15.2 Å². The van der Waals surface area contributed by atoms with Crippen LogP contribution in [0.15, 0.2) is 36.4 Å². The van der Waals surface area contributed by atoms with E-state index >= 15 is 0 Å². The molecule has 0 radical (unpaired) electrons. The van der Waals surface area contributed by atoms with Crippen molar-refractivity contribution in [2.24, 2.45) is 10.8 Å². The average molecular weight is 633 g/mol. The molecule has 3 unspecified atom stereocenters. The molecule has 13 nitrogen and oxygen atoms in total. The minimum Gasteiger partial charge on any atom is -0.508 e. The normalized spacial score (nSPS) is 15.7. The predicted molar refractivity (Wildman–Crippen MR) is 151 cm³/mol. The van der Waals surface area contributed by atoms with Crippen LogP contribution in [-0.2, 0) is 43.7 Å². The van der Waals surface area contributed by atoms with Crippen molar-refractivity contribution in [3.8, 4) is 11.5 Å². The van der Waals surface area contributed by atoms with Crippen molar-refractivity contribution in [3.05, 3.63) is 47.5 Å². The molecule has 15 heteroatoms. The van der Waals surface area contributed by atoms with Gasteiger partial charge in [-0.3, -0.25) is 27.8 Å². The maximum Gasteiger partial charge on any atom is 0.365 e. The van der Waals surface area contributed by atoms with Gasteiger partial charge in [-0.2, -0.15) is 0 Å². The van der Waals surface area contributed by atoms with Crippen LogP contribution in [0.2, 0.25) is 0 Å². The zero-order chi connectivity index (χ0) is 32.1. The van der Waals surface area contributed by atoms with E-state index in [1.54, 1.807) is 41.5 Å². The molecule has 2 aromatic rings. The first-order valence-corrected chi connectivity index (χ1v) is 15.9. The van der Waals surface area contributed by atoms with Crippen LogP contribution in [-0.4, -0.2) is 50.6 Å². The summed E-state index contributed by atoms with van der Waals surface area (Å²) in [4.78, 5) is 44.2. The molecule has 0 aliphatic heterocycles. The maximum absolute atomic E-state index is 12.7. The molecule has 0 spiro atoms. The lowest BCUT2D eigenvalue weighted by Crippen LogP contribution is -2.24. The van der Waals surface area contributed by atoms with Gasteiger partial charge in [-0.15, -0.1) is 0 Å². The van der Waals surface area contributed by atoms with Crippen LogP contribution in [0.4, 0.5) is 0 Å². The standard InChI is InChI=1S/C27H38O13P2/c1-26(2,3)24(31)37-15-39-41(33,34)18-9-11-21(29)19(14-18)20(28)10-7-17-8-12-23(22(30)13-17)42(35,36)40-16-38-25(32)27(4,5)6/h8-9,11-14,20,28-30H,7,10,15-16H2,1-6H3,(H,33,34)(H,35,36). The summed E-state index contributed by atoms with van der Waals surface area (Å²) in [7, 11) is -9.04. The molecule has 2 aromatic carbocycles. The number of aliphatic hydroxyl groups is 1. The number of aryl methyl sites for hydroxylation is 1. The number of carbonyl (C=O) groups excluding carboxylic acids is 2. The lowest BCUT2D eigenvalue weighted by molar-refractivity contribution is -0.160. The van der Waals surface area contributed by atoms with Crippen LogP contribution in [0.1, 0.15) is 65.2 Å². The van der Waals surface area contributed by atoms with E-state index in [9.17, 15) is 43.8 Å². The molecule has 2 rings (SSSR count). The van der Waals surface area contributed by atoms with Gasteiger partial charge < -0.3 is 34.6 Å². The van der Waals surface area contributed by atoms with Gasteiger partial charge in [0.1, 0.15) is 16.8 Å². The highest BCUT2D eigenvalue weighted by molar-refractivity contribution is 7.61. The summed E-state index contributed by atoms with van der Waals surface area (Å²) in [5.74, 6) is -2.20. The van der Waals surface area contributed by atoms with Gasteiger partial charge in [0.2, 0.25) is 13.6 Å². The predicted octanol–water partition coefficient (Wildman–Crippen LogP) is 3.51. The lowest BCUT2D eigenvalue weighted by Gasteiger charge is -2.19. The Morgan fingerprint density at radius 2 is 1.31 bits per heavy atom. The molecule has 0 bridgehead atoms. The molecule has 0 amide bonds. The maximum atomic E-state index is 12.7. The Balaban J connectivity index is 2.05. The molecular weight excluding hydrogens is 594 g/mol. The quantitative estimate of drug-likeness (QED) is 0.129. The Labute approximate surface area is 244 Å². The second kappa shape index (κ2) is 13.7. The minimum absolute atomic E-state index is 0.0222. The summed E-state index contributed by atoms with van der Waals surface area (Å²) >= 11 is 0. The summed E-state index contributed by atoms with van der Waals surface area (Å²) in [5, 5.41) is 30.6. The summed E-state index contributed by atoms with van der Waals surface area (Å²) in [5.41, 5.74) is -1.31. The average Bonchev–Trinajstić information content (AvgIpc) is 2.85. The topological polar surface area (TPSA) is 206 Å². The van der Waals surface area contributed by atoms with Crippen LogP contribution in [0.5, 0.6) is 11.5 Å². The molecule has 3 atom stereocenters. The summed E-state index contributed by atoms with van der Waals surface area (Å²) < 4.78 is 44.6. The highest BCUT2D eigenvalue weighted by Gasteiger charge is 2.30. The fourth-order valence-electron chi connectivity index (χ4n) is 3.29. The second-order valence-electron chi connectivity index (χ2n) is 11.5. The van der Waals surface area contributed by atoms with E-state index in [2.05, 4.69) is 0 Å². The first-order valence-electron chi connectivity index (χ1n) is 12.8. The lowest BCUT2D eigenvalue weighted by atomic mass is 9.98. The van der Waals surface area contributed by atoms with Gasteiger partial charge in [-0.1, -0.05) is 6.07 Å². The van der Waals surface area contributed by atoms with Gasteiger partial charge in [-0.05, 0) is 90.3 Å². The number of esters is 2. The minimum atomic E-state index is -4.55. The van der Waals surface area contributed by atoms with E-state index in [1.807, 2.05) is 0 Å². The second-order valence-corrected chi connectivity index (χ2v) is 15.1. The monoisotopic (exact) mass is 632 g/mol. The highest BCUT2D eigenvalue weighted by Crippen LogP contribution is 2.44. The number of ether oxygens (including phenoxy) is 2. The third kappa shape index (κ3) is 9.91. The highest BCUT2D eigenvalue weighted by atomic mass is 31.2. The fraction of sp³-hybridized carbons (Fsp3) is 0.481. The van der Waals surface area contributed by atoms with Gasteiger partial charge in [-0.25, -0.2) is 0 Å². The third-order valence-electron chi connectivity index (χ3n) is 5.81. The number of phenolic OH excluding ortho intramolecular Hbond substituents is 2. The first kappa shape index (κ1) is 35.4. The summed E-state index contributed by atoms with van der Waals surface area (Å²) in [6, 6.07) is 7.11. The molecule has 0 heterocycles. The first-order chi connectivity index (χ1) is 19.1. The molecule has 0 fully saturated rings. The van der Waals surface area contributed by atoms with Crippen molar-refractivity contribution in [2.75, 3.05) is 13.6 Å². The molecule has 0 aliphatic rings. The van der Waals surface area contributed by atoms with Crippen molar-refractivity contribution >= 4 is 37.7 Å². The summed E-state index contributed by atoms with van der Waals surface area (Å²) in [6.07, 6.45) is -1.23. The smallest absolute Gasteiger partial charge is 0.365 e. The Kier molecular flexibility index (Phi) is 11.6. The van der Waals surface area contributed by atoms with E-state index in [0.29, 0.717) is 5.56 Å². The van der Waals surface area contributed by atoms with Crippen LogP contribution < -0.4 is 10.6 Å². The number of hydrogen-bond donors (Lipinski definition) is 5. The van der Waals surface area contributed by atoms with Gasteiger partial charge in [0.15, 0.2) is 0 Å². The van der Waals surface area contributed by atoms with Crippen molar-refractivity contribution < 1.29 is 62.3 Å².